The fraction of sp³-hybridized carbons (Fsp3) is 0. The summed E-state index contributed by atoms with van der Waals surface area (Å²) >= 11 is 0. The van der Waals surface area contributed by atoms with Crippen LogP contribution in [0.15, 0.2) is 41.0 Å². The van der Waals surface area contributed by atoms with E-state index in [-0.39, 0.29) is 11.7 Å². The summed E-state index contributed by atoms with van der Waals surface area (Å²) in [7, 11) is 0. The smallest absolute Gasteiger partial charge is 0.256 e. The Morgan fingerprint density at radius 1 is 1.29 bits per heavy atom. The molecule has 1 aliphatic rings. The lowest BCUT2D eigenvalue weighted by molar-refractivity contribution is -0.110. The first kappa shape index (κ1) is 9.84. The van der Waals surface area contributed by atoms with Gasteiger partial charge in [-0.3, -0.25) is 4.79 Å². The molecule has 0 unspecified atom stereocenters. The maximum Gasteiger partial charge on any atom is 0.256 e. The normalized spacial score (nSPS) is 16.1. The minimum absolute atomic E-state index is 0.248. The van der Waals surface area contributed by atoms with Gasteiger partial charge in [-0.05, 0) is 36.4 Å². The molecule has 2 aromatic rings. The van der Waals surface area contributed by atoms with E-state index in [1.807, 2.05) is 0 Å². The second-order valence-electron chi connectivity index (χ2n) is 3.72. The van der Waals surface area contributed by atoms with Crippen LogP contribution in [0, 0.1) is 5.82 Å². The molecule has 1 aliphatic heterocycles. The average Bonchev–Trinajstić information content (AvgIpc) is 2.90. The molecule has 3 nitrogen and oxygen atoms in total. The topological polar surface area (TPSA) is 42.2 Å². The summed E-state index contributed by atoms with van der Waals surface area (Å²) in [6, 6.07) is 7.66. The van der Waals surface area contributed by atoms with Gasteiger partial charge < -0.3 is 9.73 Å². The first-order valence-corrected chi connectivity index (χ1v) is 5.10. The van der Waals surface area contributed by atoms with Crippen molar-refractivity contribution >= 4 is 23.2 Å². The standard InChI is InChI=1S/C13H8FNO2/c14-8-3-4-12-10(6-8)11(13(16)15-12)7-9-2-1-5-17-9/h1-7H,(H,15,16)/b11-7-. The number of carbonyl (C=O) groups excluding carboxylic acids is 1. The van der Waals surface area contributed by atoms with Gasteiger partial charge in [0.25, 0.3) is 5.91 Å². The zero-order chi connectivity index (χ0) is 11.8. The van der Waals surface area contributed by atoms with Gasteiger partial charge in [-0.1, -0.05) is 0 Å². The van der Waals surface area contributed by atoms with Crippen molar-refractivity contribution in [2.45, 2.75) is 0 Å². The number of hydrogen-bond donors (Lipinski definition) is 1. The third-order valence-electron chi connectivity index (χ3n) is 2.59. The van der Waals surface area contributed by atoms with E-state index in [0.717, 1.165) is 0 Å². The molecule has 0 saturated heterocycles. The van der Waals surface area contributed by atoms with Gasteiger partial charge in [-0.25, -0.2) is 4.39 Å². The molecule has 1 aromatic carbocycles. The predicted octanol–water partition coefficient (Wildman–Crippen LogP) is 2.91. The Kier molecular flexibility index (Phi) is 2.08. The van der Waals surface area contributed by atoms with Crippen LogP contribution in [0.3, 0.4) is 0 Å². The summed E-state index contributed by atoms with van der Waals surface area (Å²) in [4.78, 5) is 11.7. The number of benzene rings is 1. The van der Waals surface area contributed by atoms with Crippen molar-refractivity contribution in [2.75, 3.05) is 5.32 Å². The molecule has 4 heteroatoms. The number of nitrogens with one attached hydrogen (secondary N) is 1. The van der Waals surface area contributed by atoms with Crippen molar-refractivity contribution in [3.63, 3.8) is 0 Å². The van der Waals surface area contributed by atoms with Gasteiger partial charge in [0.2, 0.25) is 0 Å². The van der Waals surface area contributed by atoms with Crippen molar-refractivity contribution in [3.8, 4) is 0 Å². The number of rotatable bonds is 1. The molecule has 1 amide bonds. The van der Waals surface area contributed by atoms with Crippen LogP contribution >= 0.6 is 0 Å². The number of fused-ring (bicyclic) bond motifs is 1. The van der Waals surface area contributed by atoms with Crippen molar-refractivity contribution in [2.24, 2.45) is 0 Å². The van der Waals surface area contributed by atoms with Crippen LogP contribution in [0.4, 0.5) is 10.1 Å². The maximum atomic E-state index is 13.2. The Hall–Kier alpha value is -2.36. The molecule has 0 saturated carbocycles. The van der Waals surface area contributed by atoms with E-state index in [1.54, 1.807) is 24.3 Å². The van der Waals surface area contributed by atoms with Crippen LogP contribution in [0.5, 0.6) is 0 Å². The zero-order valence-corrected chi connectivity index (χ0v) is 8.74. The second-order valence-corrected chi connectivity index (χ2v) is 3.72. The molecule has 0 aliphatic carbocycles. The summed E-state index contributed by atoms with van der Waals surface area (Å²) in [5.74, 6) is -0.0557. The quantitative estimate of drug-likeness (QED) is 0.764. The molecule has 0 bridgehead atoms. The molecule has 0 atom stereocenters. The molecule has 0 spiro atoms. The van der Waals surface area contributed by atoms with Crippen LogP contribution < -0.4 is 5.32 Å². The maximum absolute atomic E-state index is 13.2. The lowest BCUT2D eigenvalue weighted by Crippen LogP contribution is -2.03. The third-order valence-corrected chi connectivity index (χ3v) is 2.59. The van der Waals surface area contributed by atoms with Crippen molar-refractivity contribution < 1.29 is 13.6 Å². The molecular weight excluding hydrogens is 221 g/mol. The van der Waals surface area contributed by atoms with Crippen LogP contribution in [0.1, 0.15) is 11.3 Å². The van der Waals surface area contributed by atoms with E-state index in [9.17, 15) is 9.18 Å². The van der Waals surface area contributed by atoms with Gasteiger partial charge >= 0.3 is 0 Å². The predicted molar refractivity (Wildman–Crippen MR) is 61.6 cm³/mol. The number of halogens is 1. The zero-order valence-electron chi connectivity index (χ0n) is 8.74. The third kappa shape index (κ3) is 1.63. The number of anilines is 1. The molecule has 0 fully saturated rings. The highest BCUT2D eigenvalue weighted by atomic mass is 19.1. The van der Waals surface area contributed by atoms with E-state index in [1.165, 1.54) is 18.4 Å². The van der Waals surface area contributed by atoms with Gasteiger partial charge in [0.15, 0.2) is 0 Å². The SMILES string of the molecule is O=C1Nc2ccc(F)cc2/C1=C/c1ccco1. The lowest BCUT2D eigenvalue weighted by Gasteiger charge is -1.97. The van der Waals surface area contributed by atoms with Crippen LogP contribution in [-0.4, -0.2) is 5.91 Å². The van der Waals surface area contributed by atoms with E-state index in [4.69, 9.17) is 4.42 Å². The minimum atomic E-state index is -0.370. The summed E-state index contributed by atoms with van der Waals surface area (Å²) in [6.45, 7) is 0. The van der Waals surface area contributed by atoms with Crippen molar-refractivity contribution in [1.29, 1.82) is 0 Å². The molecule has 1 aromatic heterocycles. The Morgan fingerprint density at radius 2 is 2.18 bits per heavy atom. The first-order valence-electron chi connectivity index (χ1n) is 5.10. The number of furan rings is 1. The molecule has 2 heterocycles. The fourth-order valence-electron chi connectivity index (χ4n) is 1.82. The average molecular weight is 229 g/mol. The Bertz CT molecular complexity index is 614. The lowest BCUT2D eigenvalue weighted by atomic mass is 10.1. The fourth-order valence-corrected chi connectivity index (χ4v) is 1.82. The van der Waals surface area contributed by atoms with E-state index >= 15 is 0 Å². The van der Waals surface area contributed by atoms with Crippen LogP contribution in [-0.2, 0) is 4.79 Å². The molecule has 84 valence electrons. The van der Waals surface area contributed by atoms with E-state index in [2.05, 4.69) is 5.32 Å². The van der Waals surface area contributed by atoms with Crippen molar-refractivity contribution in [1.82, 2.24) is 0 Å². The van der Waals surface area contributed by atoms with Crippen molar-refractivity contribution in [3.05, 3.63) is 53.7 Å². The van der Waals surface area contributed by atoms with Crippen LogP contribution in [0.25, 0.3) is 11.6 Å². The number of hydrogen-bond acceptors (Lipinski definition) is 2. The molecular formula is C13H8FNO2. The number of carbonyl (C=O) groups is 1. The van der Waals surface area contributed by atoms with Gasteiger partial charge in [0, 0.05) is 11.3 Å². The van der Waals surface area contributed by atoms with Gasteiger partial charge in [-0.15, -0.1) is 0 Å². The molecule has 0 radical (unpaired) electrons. The Morgan fingerprint density at radius 3 is 2.94 bits per heavy atom. The minimum Gasteiger partial charge on any atom is -0.465 e. The summed E-state index contributed by atoms with van der Waals surface area (Å²) in [5, 5.41) is 2.67. The Labute approximate surface area is 96.6 Å². The Balaban J connectivity index is 2.13. The first-order chi connectivity index (χ1) is 8.24. The van der Waals surface area contributed by atoms with E-state index < -0.39 is 0 Å². The highest BCUT2D eigenvalue weighted by molar-refractivity contribution is 6.34. The van der Waals surface area contributed by atoms with Gasteiger partial charge in [0.1, 0.15) is 11.6 Å². The highest BCUT2D eigenvalue weighted by Gasteiger charge is 2.24. The highest BCUT2D eigenvalue weighted by Crippen LogP contribution is 2.33. The van der Waals surface area contributed by atoms with Gasteiger partial charge in [-0.2, -0.15) is 0 Å². The van der Waals surface area contributed by atoms with Crippen LogP contribution in [0.2, 0.25) is 0 Å². The molecule has 1 N–H and O–H groups in total. The second kappa shape index (κ2) is 3.59. The largest absolute Gasteiger partial charge is 0.465 e. The molecule has 17 heavy (non-hydrogen) atoms. The summed E-state index contributed by atoms with van der Waals surface area (Å²) in [5.41, 5.74) is 1.59. The van der Waals surface area contributed by atoms with E-state index in [0.29, 0.717) is 22.6 Å². The monoisotopic (exact) mass is 229 g/mol. The van der Waals surface area contributed by atoms with Gasteiger partial charge in [0.05, 0.1) is 11.8 Å². The molecule has 3 rings (SSSR count). The number of amides is 1. The summed E-state index contributed by atoms with van der Waals surface area (Å²) < 4.78 is 18.3. The summed E-state index contributed by atoms with van der Waals surface area (Å²) in [6.07, 6.45) is 3.12.